The van der Waals surface area contributed by atoms with Crippen LogP contribution in [0.1, 0.15) is 44.4 Å². The topological polar surface area (TPSA) is 63.6 Å². The number of carboxylic acids is 1. The van der Waals surface area contributed by atoms with E-state index in [0.29, 0.717) is 0 Å². The van der Waals surface area contributed by atoms with Crippen LogP contribution in [0.2, 0.25) is 0 Å². The van der Waals surface area contributed by atoms with Gasteiger partial charge in [0.25, 0.3) is 0 Å². The number of carbonyl (C=O) groups excluding carboxylic acids is 1. The van der Waals surface area contributed by atoms with Gasteiger partial charge in [0.2, 0.25) is 0 Å². The van der Waals surface area contributed by atoms with Crippen LogP contribution in [0.25, 0.3) is 0 Å². The minimum Gasteiger partial charge on any atom is -0.481 e. The Balaban J connectivity index is 2.27. The lowest BCUT2D eigenvalue weighted by atomic mass is 9.85. The number of esters is 1. The fourth-order valence-corrected chi connectivity index (χ4v) is 2.25. The molecule has 1 fully saturated rings. The maximum Gasteiger partial charge on any atom is 0.311 e. The highest BCUT2D eigenvalue weighted by Crippen LogP contribution is 2.36. The largest absolute Gasteiger partial charge is 0.481 e. The first kappa shape index (κ1) is 13.6. The van der Waals surface area contributed by atoms with E-state index in [2.05, 4.69) is 20.8 Å². The average molecular weight is 262 g/mol. The van der Waals surface area contributed by atoms with Gasteiger partial charge in [-0.2, -0.15) is 0 Å². The van der Waals surface area contributed by atoms with Gasteiger partial charge in [0.1, 0.15) is 12.0 Å². The molecular formula is C15H18O4. The van der Waals surface area contributed by atoms with Crippen molar-refractivity contribution < 1.29 is 19.4 Å². The smallest absolute Gasteiger partial charge is 0.311 e. The van der Waals surface area contributed by atoms with Crippen LogP contribution >= 0.6 is 0 Å². The summed E-state index contributed by atoms with van der Waals surface area (Å²) in [7, 11) is 0. The van der Waals surface area contributed by atoms with Gasteiger partial charge in [-0.15, -0.1) is 0 Å². The number of hydrogen-bond acceptors (Lipinski definition) is 3. The van der Waals surface area contributed by atoms with Crippen molar-refractivity contribution in [2.45, 2.75) is 38.7 Å². The summed E-state index contributed by atoms with van der Waals surface area (Å²) in [5.41, 5.74) is 1.94. The second-order valence-electron chi connectivity index (χ2n) is 5.93. The first-order valence-electron chi connectivity index (χ1n) is 6.32. The highest BCUT2D eigenvalue weighted by Gasteiger charge is 2.40. The zero-order valence-corrected chi connectivity index (χ0v) is 11.3. The van der Waals surface area contributed by atoms with E-state index in [0.717, 1.165) is 11.1 Å². The summed E-state index contributed by atoms with van der Waals surface area (Å²) in [5.74, 6) is -2.22. The molecule has 1 heterocycles. The van der Waals surface area contributed by atoms with E-state index in [9.17, 15) is 9.59 Å². The lowest BCUT2D eigenvalue weighted by Crippen LogP contribution is -2.18. The third kappa shape index (κ3) is 2.78. The van der Waals surface area contributed by atoms with Gasteiger partial charge in [-0.3, -0.25) is 9.59 Å². The SMILES string of the molecule is CC(C)(C)c1ccc([C@H]2OC(=O)C[C@H]2C(=O)O)cc1. The second-order valence-corrected chi connectivity index (χ2v) is 5.93. The molecule has 1 aliphatic rings. The van der Waals surface area contributed by atoms with Gasteiger partial charge < -0.3 is 9.84 Å². The van der Waals surface area contributed by atoms with E-state index in [-0.39, 0.29) is 11.8 Å². The highest BCUT2D eigenvalue weighted by atomic mass is 16.6. The van der Waals surface area contributed by atoms with Gasteiger partial charge in [0.05, 0.1) is 6.42 Å². The van der Waals surface area contributed by atoms with Gasteiger partial charge >= 0.3 is 11.9 Å². The predicted octanol–water partition coefficient (Wildman–Crippen LogP) is 2.67. The normalized spacial score (nSPS) is 23.2. The van der Waals surface area contributed by atoms with Crippen molar-refractivity contribution in [2.24, 2.45) is 5.92 Å². The molecule has 0 amide bonds. The van der Waals surface area contributed by atoms with Gasteiger partial charge in [0, 0.05) is 0 Å². The zero-order chi connectivity index (χ0) is 14.2. The Labute approximate surface area is 112 Å². The fraction of sp³-hybridized carbons (Fsp3) is 0.467. The van der Waals surface area contributed by atoms with Crippen LogP contribution in [0.4, 0.5) is 0 Å². The summed E-state index contributed by atoms with van der Waals surface area (Å²) >= 11 is 0. The summed E-state index contributed by atoms with van der Waals surface area (Å²) in [6.45, 7) is 6.33. The van der Waals surface area contributed by atoms with Crippen molar-refractivity contribution >= 4 is 11.9 Å². The summed E-state index contributed by atoms with van der Waals surface area (Å²) < 4.78 is 5.13. The molecule has 0 aromatic heterocycles. The number of carboxylic acid groups (broad SMARTS) is 1. The van der Waals surface area contributed by atoms with Gasteiger partial charge in [-0.05, 0) is 16.5 Å². The Morgan fingerprint density at radius 3 is 2.32 bits per heavy atom. The molecule has 2 atom stereocenters. The number of rotatable bonds is 2. The third-order valence-electron chi connectivity index (χ3n) is 3.43. The van der Waals surface area contributed by atoms with Crippen LogP contribution in [0, 0.1) is 5.92 Å². The van der Waals surface area contributed by atoms with Crippen LogP contribution in [0.15, 0.2) is 24.3 Å². The molecule has 4 nitrogen and oxygen atoms in total. The number of carbonyl (C=O) groups is 2. The van der Waals surface area contributed by atoms with E-state index in [1.54, 1.807) is 0 Å². The van der Waals surface area contributed by atoms with E-state index in [1.807, 2.05) is 24.3 Å². The Bertz CT molecular complexity index is 496. The molecule has 19 heavy (non-hydrogen) atoms. The number of benzene rings is 1. The summed E-state index contributed by atoms with van der Waals surface area (Å²) in [6.07, 6.45) is -0.722. The lowest BCUT2D eigenvalue weighted by Gasteiger charge is -2.20. The molecule has 0 bridgehead atoms. The minimum atomic E-state index is -0.990. The van der Waals surface area contributed by atoms with Gasteiger partial charge in [-0.1, -0.05) is 45.0 Å². The Morgan fingerprint density at radius 2 is 1.84 bits per heavy atom. The molecule has 0 aliphatic carbocycles. The van der Waals surface area contributed by atoms with Crippen molar-refractivity contribution in [1.82, 2.24) is 0 Å². The molecule has 2 rings (SSSR count). The van der Waals surface area contributed by atoms with Crippen LogP contribution in [-0.2, 0) is 19.7 Å². The van der Waals surface area contributed by atoms with Crippen LogP contribution in [0.3, 0.4) is 0 Å². The molecule has 102 valence electrons. The lowest BCUT2D eigenvalue weighted by molar-refractivity contribution is -0.144. The first-order chi connectivity index (χ1) is 8.79. The van der Waals surface area contributed by atoms with E-state index >= 15 is 0 Å². The summed E-state index contributed by atoms with van der Waals surface area (Å²) in [6, 6.07) is 7.61. The van der Waals surface area contributed by atoms with Crippen molar-refractivity contribution in [3.63, 3.8) is 0 Å². The Morgan fingerprint density at radius 1 is 1.26 bits per heavy atom. The first-order valence-corrected chi connectivity index (χ1v) is 6.32. The zero-order valence-electron chi connectivity index (χ0n) is 11.3. The van der Waals surface area contributed by atoms with Crippen molar-refractivity contribution in [1.29, 1.82) is 0 Å². The molecule has 1 aliphatic heterocycles. The van der Waals surface area contributed by atoms with Crippen molar-refractivity contribution in [3.8, 4) is 0 Å². The third-order valence-corrected chi connectivity index (χ3v) is 3.43. The molecule has 0 saturated carbocycles. The maximum atomic E-state index is 11.3. The molecule has 0 unspecified atom stereocenters. The monoisotopic (exact) mass is 262 g/mol. The quantitative estimate of drug-likeness (QED) is 0.832. The van der Waals surface area contributed by atoms with Crippen LogP contribution < -0.4 is 0 Å². The molecular weight excluding hydrogens is 244 g/mol. The fourth-order valence-electron chi connectivity index (χ4n) is 2.25. The standard InChI is InChI=1S/C15H18O4/c1-15(2,3)10-6-4-9(5-7-10)13-11(14(17)18)8-12(16)19-13/h4-7,11,13H,8H2,1-3H3,(H,17,18)/t11-,13-/m1/s1. The molecule has 1 aromatic rings. The summed E-state index contributed by atoms with van der Waals surface area (Å²) in [5, 5.41) is 9.11. The second kappa shape index (κ2) is 4.68. The minimum absolute atomic E-state index is 0.0388. The number of cyclic esters (lactones) is 1. The van der Waals surface area contributed by atoms with E-state index < -0.39 is 24.0 Å². The Kier molecular flexibility index (Phi) is 3.35. The molecule has 1 N–H and O–H groups in total. The van der Waals surface area contributed by atoms with E-state index in [1.165, 1.54) is 0 Å². The van der Waals surface area contributed by atoms with Gasteiger partial charge in [0.15, 0.2) is 0 Å². The van der Waals surface area contributed by atoms with Gasteiger partial charge in [-0.25, -0.2) is 0 Å². The highest BCUT2D eigenvalue weighted by molar-refractivity contribution is 5.82. The Hall–Kier alpha value is -1.84. The molecule has 0 spiro atoms. The number of aliphatic carboxylic acids is 1. The molecule has 1 aromatic carbocycles. The molecule has 4 heteroatoms. The van der Waals surface area contributed by atoms with Crippen LogP contribution in [0.5, 0.6) is 0 Å². The average Bonchev–Trinajstić information content (AvgIpc) is 2.70. The summed E-state index contributed by atoms with van der Waals surface area (Å²) in [4.78, 5) is 22.4. The maximum absolute atomic E-state index is 11.3. The van der Waals surface area contributed by atoms with E-state index in [4.69, 9.17) is 9.84 Å². The molecule has 0 radical (unpaired) electrons. The molecule has 1 saturated heterocycles. The van der Waals surface area contributed by atoms with Crippen molar-refractivity contribution in [3.05, 3.63) is 35.4 Å². The number of ether oxygens (including phenoxy) is 1. The van der Waals surface area contributed by atoms with Crippen LogP contribution in [-0.4, -0.2) is 17.0 Å². The number of hydrogen-bond donors (Lipinski definition) is 1. The van der Waals surface area contributed by atoms with Crippen molar-refractivity contribution in [2.75, 3.05) is 0 Å². The predicted molar refractivity (Wildman–Crippen MR) is 69.7 cm³/mol.